The zero-order valence-electron chi connectivity index (χ0n) is 17.4. The van der Waals surface area contributed by atoms with E-state index < -0.39 is 5.97 Å². The molecule has 3 aliphatic rings. The van der Waals surface area contributed by atoms with Crippen LogP contribution in [0.5, 0.6) is 5.75 Å². The van der Waals surface area contributed by atoms with Crippen LogP contribution in [0.15, 0.2) is 29.2 Å². The SMILES string of the molecule is CCOC(=O)c1cn2c(cc1=O)-c1cc(OC)c(C#CC3CC3)cc1CC21CCC1. The van der Waals surface area contributed by atoms with Crippen LogP contribution in [0, 0.1) is 17.8 Å². The molecule has 2 saturated carbocycles. The van der Waals surface area contributed by atoms with E-state index in [0.29, 0.717) is 5.92 Å². The largest absolute Gasteiger partial charge is 0.495 e. The topological polar surface area (TPSA) is 57.5 Å². The first-order valence-electron chi connectivity index (χ1n) is 10.7. The monoisotopic (exact) mass is 403 g/mol. The molecule has 2 aromatic rings. The van der Waals surface area contributed by atoms with Crippen LogP contribution in [0.2, 0.25) is 0 Å². The van der Waals surface area contributed by atoms with Gasteiger partial charge in [-0.3, -0.25) is 4.79 Å². The van der Waals surface area contributed by atoms with Crippen molar-refractivity contribution in [3.8, 4) is 28.8 Å². The molecule has 0 amide bonds. The number of carbonyl (C=O) groups is 1. The van der Waals surface area contributed by atoms with E-state index >= 15 is 0 Å². The first-order valence-corrected chi connectivity index (χ1v) is 10.7. The van der Waals surface area contributed by atoms with E-state index in [-0.39, 0.29) is 23.1 Å². The summed E-state index contributed by atoms with van der Waals surface area (Å²) in [5.74, 6) is 7.32. The van der Waals surface area contributed by atoms with Crippen LogP contribution in [0.25, 0.3) is 11.3 Å². The number of benzene rings is 1. The normalized spacial score (nSPS) is 17.8. The number of carbonyl (C=O) groups excluding carboxylic acids is 1. The molecule has 5 heteroatoms. The van der Waals surface area contributed by atoms with Crippen molar-refractivity contribution >= 4 is 5.97 Å². The summed E-state index contributed by atoms with van der Waals surface area (Å²) in [7, 11) is 1.65. The second-order valence-corrected chi connectivity index (χ2v) is 8.53. The molecule has 1 spiro atoms. The predicted molar refractivity (Wildman–Crippen MR) is 114 cm³/mol. The number of nitrogens with zero attached hydrogens (tertiary/aromatic N) is 1. The number of ether oxygens (including phenoxy) is 2. The second-order valence-electron chi connectivity index (χ2n) is 8.53. The second kappa shape index (κ2) is 7.05. The molecule has 154 valence electrons. The van der Waals surface area contributed by atoms with Gasteiger partial charge < -0.3 is 14.0 Å². The van der Waals surface area contributed by atoms with Gasteiger partial charge in [0.15, 0.2) is 5.43 Å². The van der Waals surface area contributed by atoms with E-state index in [1.807, 2.05) is 6.07 Å². The van der Waals surface area contributed by atoms with Crippen LogP contribution in [0.1, 0.15) is 60.5 Å². The van der Waals surface area contributed by atoms with Crippen LogP contribution in [0.4, 0.5) is 0 Å². The van der Waals surface area contributed by atoms with Crippen molar-refractivity contribution in [2.75, 3.05) is 13.7 Å². The third kappa shape index (κ3) is 3.02. The summed E-state index contributed by atoms with van der Waals surface area (Å²) in [4.78, 5) is 25.1. The fraction of sp³-hybridized carbons (Fsp3) is 0.440. The van der Waals surface area contributed by atoms with E-state index in [0.717, 1.165) is 48.3 Å². The summed E-state index contributed by atoms with van der Waals surface area (Å²) < 4.78 is 12.9. The third-order valence-electron chi connectivity index (χ3n) is 6.55. The van der Waals surface area contributed by atoms with Crippen LogP contribution in [0.3, 0.4) is 0 Å². The molecule has 30 heavy (non-hydrogen) atoms. The number of methoxy groups -OCH3 is 1. The van der Waals surface area contributed by atoms with E-state index in [4.69, 9.17) is 9.47 Å². The Bertz CT molecular complexity index is 1160. The molecule has 2 aliphatic carbocycles. The van der Waals surface area contributed by atoms with Gasteiger partial charge in [-0.2, -0.15) is 0 Å². The van der Waals surface area contributed by atoms with Crippen molar-refractivity contribution < 1.29 is 14.3 Å². The number of aromatic nitrogens is 1. The molecule has 1 aromatic carbocycles. The molecular formula is C25H25NO4. The van der Waals surface area contributed by atoms with Crippen LogP contribution in [-0.4, -0.2) is 24.3 Å². The fourth-order valence-corrected chi connectivity index (χ4v) is 4.62. The molecule has 0 radical (unpaired) electrons. The highest BCUT2D eigenvalue weighted by Crippen LogP contribution is 2.49. The maximum atomic E-state index is 12.8. The number of hydrogen-bond donors (Lipinski definition) is 0. The van der Waals surface area contributed by atoms with E-state index in [9.17, 15) is 9.59 Å². The summed E-state index contributed by atoms with van der Waals surface area (Å²) in [5, 5.41) is 0. The van der Waals surface area contributed by atoms with E-state index in [2.05, 4.69) is 22.5 Å². The smallest absolute Gasteiger partial charge is 0.343 e. The van der Waals surface area contributed by atoms with E-state index in [1.54, 1.807) is 26.3 Å². The molecule has 0 saturated heterocycles. The number of pyridine rings is 1. The lowest BCUT2D eigenvalue weighted by Gasteiger charge is -2.48. The summed E-state index contributed by atoms with van der Waals surface area (Å²) in [5.41, 5.74) is 3.64. The minimum atomic E-state index is -0.554. The average Bonchev–Trinajstić information content (AvgIpc) is 3.54. The standard InChI is InChI=1S/C25H25NO4/c1-3-30-24(28)20-15-26-21(13-22(20)27)19-12-23(29-2)17(8-7-16-5-6-16)11-18(19)14-25(26)9-4-10-25/h11-13,15-16H,3-6,9-10,14H2,1-2H3. The van der Waals surface area contributed by atoms with Gasteiger partial charge >= 0.3 is 5.97 Å². The number of hydrogen-bond acceptors (Lipinski definition) is 4. The van der Waals surface area contributed by atoms with Crippen molar-refractivity contribution in [1.82, 2.24) is 4.57 Å². The zero-order chi connectivity index (χ0) is 20.9. The van der Waals surface area contributed by atoms with Gasteiger partial charge in [-0.15, -0.1) is 0 Å². The molecular weight excluding hydrogens is 378 g/mol. The Morgan fingerprint density at radius 3 is 2.70 bits per heavy atom. The lowest BCUT2D eigenvalue weighted by atomic mass is 9.69. The first kappa shape index (κ1) is 19.0. The Hall–Kier alpha value is -3.00. The lowest BCUT2D eigenvalue weighted by Crippen LogP contribution is -2.46. The van der Waals surface area contributed by atoms with Crippen molar-refractivity contribution in [2.45, 2.75) is 51.0 Å². The molecule has 0 unspecified atom stereocenters. The third-order valence-corrected chi connectivity index (χ3v) is 6.55. The Labute approximate surface area is 176 Å². The molecule has 1 aromatic heterocycles. The predicted octanol–water partition coefficient (Wildman–Crippen LogP) is 3.90. The molecule has 5 nitrogen and oxygen atoms in total. The van der Waals surface area contributed by atoms with Gasteiger partial charge in [-0.25, -0.2) is 4.79 Å². The van der Waals surface area contributed by atoms with E-state index in [1.165, 1.54) is 18.4 Å². The van der Waals surface area contributed by atoms with Crippen molar-refractivity contribution in [2.24, 2.45) is 5.92 Å². The van der Waals surface area contributed by atoms with Crippen molar-refractivity contribution in [3.63, 3.8) is 0 Å². The first-order chi connectivity index (χ1) is 14.5. The Morgan fingerprint density at radius 2 is 2.07 bits per heavy atom. The fourth-order valence-electron chi connectivity index (χ4n) is 4.62. The molecule has 2 heterocycles. The summed E-state index contributed by atoms with van der Waals surface area (Å²) in [6.07, 6.45) is 8.14. The maximum absolute atomic E-state index is 12.8. The van der Waals surface area contributed by atoms with Crippen molar-refractivity contribution in [1.29, 1.82) is 0 Å². The molecule has 0 N–H and O–H groups in total. The maximum Gasteiger partial charge on any atom is 0.343 e. The number of fused-ring (bicyclic) bond motifs is 4. The highest BCUT2D eigenvalue weighted by atomic mass is 16.5. The number of rotatable bonds is 3. The van der Waals surface area contributed by atoms with Gasteiger partial charge in [0.2, 0.25) is 0 Å². The van der Waals surface area contributed by atoms with Crippen LogP contribution in [-0.2, 0) is 16.7 Å². The van der Waals surface area contributed by atoms with Gasteiger partial charge in [0.05, 0.1) is 25.0 Å². The summed E-state index contributed by atoms with van der Waals surface area (Å²) >= 11 is 0. The highest BCUT2D eigenvalue weighted by molar-refractivity contribution is 5.89. The van der Waals surface area contributed by atoms with Gasteiger partial charge in [-0.05, 0) is 63.1 Å². The summed E-state index contributed by atoms with van der Waals surface area (Å²) in [6.45, 7) is 1.99. The number of esters is 1. The lowest BCUT2D eigenvalue weighted by molar-refractivity contribution is 0.0521. The van der Waals surface area contributed by atoms with Gasteiger partial charge in [-0.1, -0.05) is 11.8 Å². The van der Waals surface area contributed by atoms with Crippen molar-refractivity contribution in [3.05, 3.63) is 51.3 Å². The highest BCUT2D eigenvalue weighted by Gasteiger charge is 2.43. The Balaban J connectivity index is 1.67. The molecule has 2 fully saturated rings. The molecule has 0 atom stereocenters. The molecule has 0 bridgehead atoms. The zero-order valence-corrected chi connectivity index (χ0v) is 17.4. The summed E-state index contributed by atoms with van der Waals surface area (Å²) in [6, 6.07) is 5.71. The Morgan fingerprint density at radius 1 is 1.27 bits per heavy atom. The minimum Gasteiger partial charge on any atom is -0.495 e. The van der Waals surface area contributed by atoms with Crippen LogP contribution >= 0.6 is 0 Å². The minimum absolute atomic E-state index is 0.0902. The molecule has 5 rings (SSSR count). The van der Waals surface area contributed by atoms with Gasteiger partial charge in [0.1, 0.15) is 11.3 Å². The van der Waals surface area contributed by atoms with Gasteiger partial charge in [0.25, 0.3) is 0 Å². The average molecular weight is 403 g/mol. The van der Waals surface area contributed by atoms with Crippen LogP contribution < -0.4 is 10.2 Å². The van der Waals surface area contributed by atoms with Gasteiger partial charge in [0, 0.05) is 29.3 Å². The quantitative estimate of drug-likeness (QED) is 0.576. The Kier molecular flexibility index (Phi) is 4.47. The molecule has 1 aliphatic heterocycles.